The van der Waals surface area contributed by atoms with E-state index in [1.165, 1.54) is 6.07 Å². The number of hydrogen-bond acceptors (Lipinski definition) is 4. The van der Waals surface area contributed by atoms with Gasteiger partial charge in [-0.1, -0.05) is 24.3 Å². The van der Waals surface area contributed by atoms with Crippen molar-refractivity contribution in [2.75, 3.05) is 18.1 Å². The second-order valence-corrected chi connectivity index (χ2v) is 5.10. The summed E-state index contributed by atoms with van der Waals surface area (Å²) in [4.78, 5) is 13.3. The molecule has 0 saturated heterocycles. The van der Waals surface area contributed by atoms with Gasteiger partial charge in [0.15, 0.2) is 5.84 Å². The number of amides is 1. The molecule has 0 aliphatic carbocycles. The molecule has 0 fully saturated rings. The summed E-state index contributed by atoms with van der Waals surface area (Å²) in [5.74, 6) is 0.827. The van der Waals surface area contributed by atoms with E-state index < -0.39 is 0 Å². The number of ether oxygens (including phenoxy) is 1. The quantitative estimate of drug-likeness (QED) is 0.877. The van der Waals surface area contributed by atoms with Crippen molar-refractivity contribution in [3.8, 4) is 16.9 Å². The summed E-state index contributed by atoms with van der Waals surface area (Å²) < 4.78 is 19.6. The monoisotopic (exact) mass is 297 g/mol. The highest BCUT2D eigenvalue weighted by molar-refractivity contribution is 6.07. The van der Waals surface area contributed by atoms with E-state index in [9.17, 15) is 9.18 Å². The maximum absolute atomic E-state index is 13.9. The van der Waals surface area contributed by atoms with Crippen LogP contribution >= 0.6 is 0 Å². The van der Waals surface area contributed by atoms with E-state index in [1.807, 2.05) is 17.0 Å². The molecule has 0 aromatic heterocycles. The third-order valence-electron chi connectivity index (χ3n) is 3.72. The highest BCUT2D eigenvalue weighted by Crippen LogP contribution is 2.37. The van der Waals surface area contributed by atoms with Gasteiger partial charge in [-0.05, 0) is 23.8 Å². The molecule has 2 aromatic rings. The number of hydrogen-bond donors (Lipinski definition) is 1. The molecule has 4 rings (SSSR count). The molecule has 110 valence electrons. The van der Waals surface area contributed by atoms with Gasteiger partial charge in [0.1, 0.15) is 24.7 Å². The Morgan fingerprint density at radius 2 is 2.09 bits per heavy atom. The van der Waals surface area contributed by atoms with Crippen LogP contribution in [-0.2, 0) is 4.79 Å². The number of carbonyl (C=O) groups is 1. The molecule has 6 heteroatoms. The van der Waals surface area contributed by atoms with Crippen LogP contribution in [0, 0.1) is 5.82 Å². The molecule has 2 aromatic carbocycles. The van der Waals surface area contributed by atoms with Crippen molar-refractivity contribution in [2.45, 2.75) is 0 Å². The number of rotatable bonds is 1. The van der Waals surface area contributed by atoms with Crippen LogP contribution < -0.4 is 15.1 Å². The molecule has 0 saturated carbocycles. The lowest BCUT2D eigenvalue weighted by Crippen LogP contribution is -2.49. The third-order valence-corrected chi connectivity index (χ3v) is 3.72. The molecule has 5 nitrogen and oxygen atoms in total. The molecule has 22 heavy (non-hydrogen) atoms. The molecule has 0 radical (unpaired) electrons. The lowest BCUT2D eigenvalue weighted by molar-refractivity contribution is -0.119. The summed E-state index contributed by atoms with van der Waals surface area (Å²) in [7, 11) is 0. The Morgan fingerprint density at radius 1 is 1.23 bits per heavy atom. The highest BCUT2D eigenvalue weighted by Gasteiger charge is 2.29. The summed E-state index contributed by atoms with van der Waals surface area (Å²) >= 11 is 0. The molecule has 0 unspecified atom stereocenters. The number of fused-ring (bicyclic) bond motifs is 3. The number of halogens is 1. The number of amidine groups is 1. The maximum atomic E-state index is 13.9. The average Bonchev–Trinajstić information content (AvgIpc) is 2.54. The zero-order chi connectivity index (χ0) is 15.1. The summed E-state index contributed by atoms with van der Waals surface area (Å²) in [6.45, 7) is 0.474. The Bertz CT molecular complexity index is 804. The summed E-state index contributed by atoms with van der Waals surface area (Å²) in [6, 6.07) is 12.0. The highest BCUT2D eigenvalue weighted by atomic mass is 19.1. The van der Waals surface area contributed by atoms with Crippen LogP contribution in [0.4, 0.5) is 10.1 Å². The van der Waals surface area contributed by atoms with Gasteiger partial charge in [-0.3, -0.25) is 4.79 Å². The van der Waals surface area contributed by atoms with Gasteiger partial charge in [0.25, 0.3) is 5.91 Å². The number of hydrazone groups is 1. The maximum Gasteiger partial charge on any atom is 0.260 e. The molecule has 0 spiro atoms. The molecular weight excluding hydrogens is 285 g/mol. The number of anilines is 1. The Kier molecular flexibility index (Phi) is 2.82. The van der Waals surface area contributed by atoms with Gasteiger partial charge in [0, 0.05) is 5.56 Å². The predicted molar refractivity (Wildman–Crippen MR) is 80.3 cm³/mol. The standard InChI is InChI=1S/C16H12FN3O2/c17-12-4-2-1-3-11(12)10-5-6-13-14(7-10)22-9-15-18-19-16(21)8-20(13)15/h1-7H,8-9H2,(H,19,21). The van der Waals surface area contributed by atoms with E-state index in [2.05, 4.69) is 10.5 Å². The predicted octanol–water partition coefficient (Wildman–Crippen LogP) is 2.13. The minimum Gasteiger partial charge on any atom is -0.483 e. The van der Waals surface area contributed by atoms with Crippen LogP contribution in [0.25, 0.3) is 11.1 Å². The molecule has 1 N–H and O–H groups in total. The van der Waals surface area contributed by atoms with Crippen molar-refractivity contribution < 1.29 is 13.9 Å². The van der Waals surface area contributed by atoms with Crippen molar-refractivity contribution in [3.63, 3.8) is 0 Å². The van der Waals surface area contributed by atoms with E-state index in [1.54, 1.807) is 24.3 Å². The number of nitrogens with one attached hydrogen (secondary N) is 1. The van der Waals surface area contributed by atoms with Crippen molar-refractivity contribution >= 4 is 17.4 Å². The minimum absolute atomic E-state index is 0.171. The van der Waals surface area contributed by atoms with Gasteiger partial charge in [-0.15, -0.1) is 0 Å². The first-order valence-electron chi connectivity index (χ1n) is 6.87. The van der Waals surface area contributed by atoms with Crippen LogP contribution in [0.2, 0.25) is 0 Å². The molecule has 0 bridgehead atoms. The number of benzene rings is 2. The van der Waals surface area contributed by atoms with Gasteiger partial charge < -0.3 is 9.64 Å². The van der Waals surface area contributed by atoms with Gasteiger partial charge in [-0.25, -0.2) is 9.82 Å². The van der Waals surface area contributed by atoms with Crippen LogP contribution in [0.15, 0.2) is 47.6 Å². The summed E-state index contributed by atoms with van der Waals surface area (Å²) in [5.41, 5.74) is 4.45. The van der Waals surface area contributed by atoms with Gasteiger partial charge in [0.2, 0.25) is 0 Å². The first kappa shape index (κ1) is 12.8. The van der Waals surface area contributed by atoms with Crippen molar-refractivity contribution in [3.05, 3.63) is 48.3 Å². The Hall–Kier alpha value is -2.89. The van der Waals surface area contributed by atoms with Crippen molar-refractivity contribution in [1.82, 2.24) is 5.43 Å². The molecule has 0 atom stereocenters. The fraction of sp³-hybridized carbons (Fsp3) is 0.125. The van der Waals surface area contributed by atoms with E-state index in [4.69, 9.17) is 4.74 Å². The number of nitrogens with zero attached hydrogens (tertiary/aromatic N) is 2. The van der Waals surface area contributed by atoms with Gasteiger partial charge in [0.05, 0.1) is 5.69 Å². The first-order valence-corrected chi connectivity index (χ1v) is 6.87. The minimum atomic E-state index is -0.280. The Labute approximate surface area is 126 Å². The molecule has 2 heterocycles. The zero-order valence-electron chi connectivity index (χ0n) is 11.5. The van der Waals surface area contributed by atoms with Crippen LogP contribution in [0.1, 0.15) is 0 Å². The molecule has 2 aliphatic heterocycles. The first-order chi connectivity index (χ1) is 10.7. The number of carbonyl (C=O) groups excluding carboxylic acids is 1. The van der Waals surface area contributed by atoms with Crippen LogP contribution in [-0.4, -0.2) is 24.9 Å². The smallest absolute Gasteiger partial charge is 0.260 e. The second-order valence-electron chi connectivity index (χ2n) is 5.10. The fourth-order valence-electron chi connectivity index (χ4n) is 2.65. The average molecular weight is 297 g/mol. The third kappa shape index (κ3) is 2.00. The molecule has 2 aliphatic rings. The van der Waals surface area contributed by atoms with E-state index in [0.717, 1.165) is 11.3 Å². The fourth-order valence-corrected chi connectivity index (χ4v) is 2.65. The van der Waals surface area contributed by atoms with E-state index in [-0.39, 0.29) is 24.9 Å². The van der Waals surface area contributed by atoms with Crippen LogP contribution in [0.3, 0.4) is 0 Å². The largest absolute Gasteiger partial charge is 0.483 e. The van der Waals surface area contributed by atoms with Crippen molar-refractivity contribution in [2.24, 2.45) is 5.10 Å². The van der Waals surface area contributed by atoms with Gasteiger partial charge >= 0.3 is 0 Å². The van der Waals surface area contributed by atoms with Crippen molar-refractivity contribution in [1.29, 1.82) is 0 Å². The normalized spacial score (nSPS) is 16.1. The van der Waals surface area contributed by atoms with E-state index in [0.29, 0.717) is 17.1 Å². The summed E-state index contributed by atoms with van der Waals surface area (Å²) in [6.07, 6.45) is 0. The lowest BCUT2D eigenvalue weighted by atomic mass is 10.0. The van der Waals surface area contributed by atoms with Gasteiger partial charge in [-0.2, -0.15) is 5.10 Å². The lowest BCUT2D eigenvalue weighted by Gasteiger charge is -2.33. The SMILES string of the molecule is O=C1CN2C(=NN1)COc1cc(-c3ccccc3F)ccc12. The Morgan fingerprint density at radius 3 is 2.95 bits per heavy atom. The van der Waals surface area contributed by atoms with Crippen LogP contribution in [0.5, 0.6) is 5.75 Å². The Balaban J connectivity index is 1.77. The zero-order valence-corrected chi connectivity index (χ0v) is 11.5. The molecular formula is C16H12FN3O2. The topological polar surface area (TPSA) is 53.9 Å². The molecule has 1 amide bonds. The van der Waals surface area contributed by atoms with E-state index >= 15 is 0 Å². The summed E-state index contributed by atoms with van der Waals surface area (Å²) in [5, 5.41) is 3.98. The second kappa shape index (κ2) is 4.84.